The minimum absolute atomic E-state index is 0.0894. The first-order chi connectivity index (χ1) is 16.4. The first-order valence-corrected chi connectivity index (χ1v) is 11.2. The summed E-state index contributed by atoms with van der Waals surface area (Å²) >= 11 is 3.27. The first-order valence-electron chi connectivity index (χ1n) is 10.4. The number of anilines is 1. The molecule has 0 spiro atoms. The van der Waals surface area contributed by atoms with Crippen LogP contribution < -0.4 is 10.6 Å². The van der Waals surface area contributed by atoms with Crippen molar-refractivity contribution in [3.05, 3.63) is 87.9 Å². The van der Waals surface area contributed by atoms with Gasteiger partial charge in [-0.15, -0.1) is 0 Å². The molecule has 0 saturated carbocycles. The van der Waals surface area contributed by atoms with E-state index in [9.17, 15) is 14.4 Å². The third-order valence-corrected chi connectivity index (χ3v) is 5.99. The largest absolute Gasteiger partial charge is 0.480 e. The second kappa shape index (κ2) is 10.1. The lowest BCUT2D eigenvalue weighted by Gasteiger charge is -2.15. The van der Waals surface area contributed by atoms with E-state index in [0.29, 0.717) is 4.47 Å². The molecule has 2 amide bonds. The van der Waals surface area contributed by atoms with E-state index < -0.39 is 30.6 Å². The maximum atomic E-state index is 12.5. The van der Waals surface area contributed by atoms with E-state index in [2.05, 4.69) is 26.6 Å². The zero-order chi connectivity index (χ0) is 24.2. The standard InChI is InChI=1S/C25H21BrN2O6/c26-15-9-14(23(30)28-22(12-29)24(31)32)10-16(11-15)27-25(33)34-13-21-19-7-3-1-5-17(19)18-6-2-4-8-20(18)21/h1-11,21-22,29H,12-13H2,(H,27,33)(H,28,30)(H,31,32). The number of carbonyl (C=O) groups excluding carboxylic acids is 2. The maximum Gasteiger partial charge on any atom is 0.411 e. The molecule has 1 atom stereocenters. The number of aliphatic hydroxyl groups excluding tert-OH is 1. The summed E-state index contributed by atoms with van der Waals surface area (Å²) in [6.45, 7) is -0.613. The Labute approximate surface area is 203 Å². The molecular weight excluding hydrogens is 504 g/mol. The summed E-state index contributed by atoms with van der Waals surface area (Å²) in [5, 5.41) is 22.9. The van der Waals surface area contributed by atoms with E-state index in [1.807, 2.05) is 48.5 Å². The van der Waals surface area contributed by atoms with E-state index in [-0.39, 0.29) is 23.8 Å². The number of carboxylic acid groups (broad SMARTS) is 1. The Bertz CT molecular complexity index is 1220. The molecule has 0 bridgehead atoms. The van der Waals surface area contributed by atoms with Gasteiger partial charge in [-0.25, -0.2) is 9.59 Å². The van der Waals surface area contributed by atoms with Crippen molar-refractivity contribution in [3.8, 4) is 11.1 Å². The van der Waals surface area contributed by atoms with Gasteiger partial charge >= 0.3 is 12.1 Å². The van der Waals surface area contributed by atoms with Gasteiger partial charge in [0.1, 0.15) is 6.61 Å². The van der Waals surface area contributed by atoms with Crippen LogP contribution in [0.4, 0.5) is 10.5 Å². The predicted octanol–water partition coefficient (Wildman–Crippen LogP) is 3.99. The van der Waals surface area contributed by atoms with Crippen molar-refractivity contribution >= 4 is 39.6 Å². The van der Waals surface area contributed by atoms with Crippen molar-refractivity contribution in [2.75, 3.05) is 18.5 Å². The summed E-state index contributed by atoms with van der Waals surface area (Å²) < 4.78 is 6.01. The van der Waals surface area contributed by atoms with Gasteiger partial charge in [0.2, 0.25) is 0 Å². The van der Waals surface area contributed by atoms with Gasteiger partial charge in [-0.3, -0.25) is 10.1 Å². The molecule has 9 heteroatoms. The highest BCUT2D eigenvalue weighted by Gasteiger charge is 2.29. The summed E-state index contributed by atoms with van der Waals surface area (Å²) in [5.74, 6) is -2.16. The topological polar surface area (TPSA) is 125 Å². The third-order valence-electron chi connectivity index (χ3n) is 5.54. The lowest BCUT2D eigenvalue weighted by atomic mass is 9.98. The van der Waals surface area contributed by atoms with E-state index in [0.717, 1.165) is 22.3 Å². The smallest absolute Gasteiger partial charge is 0.411 e. The molecule has 1 aliphatic rings. The van der Waals surface area contributed by atoms with Gasteiger partial charge in [-0.1, -0.05) is 64.5 Å². The van der Waals surface area contributed by atoms with E-state index in [4.69, 9.17) is 14.9 Å². The highest BCUT2D eigenvalue weighted by Crippen LogP contribution is 2.44. The van der Waals surface area contributed by atoms with Crippen molar-refractivity contribution in [3.63, 3.8) is 0 Å². The Hall–Kier alpha value is -3.69. The van der Waals surface area contributed by atoms with Gasteiger partial charge in [-0.05, 0) is 40.5 Å². The number of ether oxygens (including phenoxy) is 1. The molecule has 174 valence electrons. The molecule has 0 aromatic heterocycles. The average Bonchev–Trinajstić information content (AvgIpc) is 3.14. The summed E-state index contributed by atoms with van der Waals surface area (Å²) in [6, 6.07) is 19.0. The number of carbonyl (C=O) groups is 3. The number of aliphatic hydroxyl groups is 1. The Kier molecular flexibility index (Phi) is 6.95. The molecule has 0 radical (unpaired) electrons. The van der Waals surface area contributed by atoms with Crippen molar-refractivity contribution < 1.29 is 29.3 Å². The van der Waals surface area contributed by atoms with Crippen LogP contribution >= 0.6 is 15.9 Å². The second-order valence-corrected chi connectivity index (χ2v) is 8.64. The summed E-state index contributed by atoms with van der Waals surface area (Å²) in [6.07, 6.45) is -0.690. The van der Waals surface area contributed by atoms with Gasteiger partial charge < -0.3 is 20.3 Å². The summed E-state index contributed by atoms with van der Waals surface area (Å²) in [7, 11) is 0. The molecule has 1 unspecified atom stereocenters. The van der Waals surface area contributed by atoms with Crippen LogP contribution in [0.15, 0.2) is 71.2 Å². The van der Waals surface area contributed by atoms with Crippen LogP contribution in [0.25, 0.3) is 11.1 Å². The monoisotopic (exact) mass is 524 g/mol. The van der Waals surface area contributed by atoms with Crippen LogP contribution in [0, 0.1) is 0 Å². The molecule has 4 rings (SSSR count). The van der Waals surface area contributed by atoms with Crippen molar-refractivity contribution in [1.82, 2.24) is 5.32 Å². The second-order valence-electron chi connectivity index (χ2n) is 7.73. The minimum atomic E-state index is -1.44. The predicted molar refractivity (Wildman–Crippen MR) is 129 cm³/mol. The van der Waals surface area contributed by atoms with Crippen molar-refractivity contribution in [2.24, 2.45) is 0 Å². The zero-order valence-electron chi connectivity index (χ0n) is 17.8. The van der Waals surface area contributed by atoms with Gasteiger partial charge in [0, 0.05) is 21.6 Å². The molecule has 0 fully saturated rings. The molecule has 0 saturated heterocycles. The highest BCUT2D eigenvalue weighted by atomic mass is 79.9. The van der Waals surface area contributed by atoms with Crippen molar-refractivity contribution in [1.29, 1.82) is 0 Å². The number of hydrogen-bond acceptors (Lipinski definition) is 5. The van der Waals surface area contributed by atoms with Crippen LogP contribution in [0.3, 0.4) is 0 Å². The van der Waals surface area contributed by atoms with Gasteiger partial charge in [0.05, 0.1) is 6.61 Å². The third kappa shape index (κ3) is 4.95. The maximum absolute atomic E-state index is 12.5. The van der Waals surface area contributed by atoms with Crippen LogP contribution in [0.2, 0.25) is 0 Å². The number of carboxylic acids is 1. The number of aliphatic carboxylic acids is 1. The number of rotatable bonds is 7. The van der Waals surface area contributed by atoms with Crippen LogP contribution in [-0.2, 0) is 9.53 Å². The Morgan fingerprint density at radius 1 is 0.971 bits per heavy atom. The fourth-order valence-electron chi connectivity index (χ4n) is 3.97. The molecule has 1 aliphatic carbocycles. The quantitative estimate of drug-likeness (QED) is 0.370. The molecular formula is C25H21BrN2O6. The molecule has 3 aromatic carbocycles. The molecule has 3 aromatic rings. The van der Waals surface area contributed by atoms with Crippen molar-refractivity contribution in [2.45, 2.75) is 12.0 Å². The number of fused-ring (bicyclic) bond motifs is 3. The minimum Gasteiger partial charge on any atom is -0.480 e. The molecule has 34 heavy (non-hydrogen) atoms. The van der Waals surface area contributed by atoms with Crippen LogP contribution in [0.5, 0.6) is 0 Å². The molecule has 8 nitrogen and oxygen atoms in total. The Morgan fingerprint density at radius 2 is 1.59 bits per heavy atom. The number of benzene rings is 3. The van der Waals surface area contributed by atoms with E-state index in [1.165, 1.54) is 12.1 Å². The molecule has 4 N–H and O–H groups in total. The van der Waals surface area contributed by atoms with Gasteiger partial charge in [0.25, 0.3) is 5.91 Å². The molecule has 0 aliphatic heterocycles. The zero-order valence-corrected chi connectivity index (χ0v) is 19.4. The lowest BCUT2D eigenvalue weighted by Crippen LogP contribution is -2.43. The average molecular weight is 525 g/mol. The van der Waals surface area contributed by atoms with E-state index >= 15 is 0 Å². The Balaban J connectivity index is 1.44. The number of hydrogen-bond donors (Lipinski definition) is 4. The number of halogens is 1. The number of nitrogens with one attached hydrogen (secondary N) is 2. The number of amides is 2. The fraction of sp³-hybridized carbons (Fsp3) is 0.160. The highest BCUT2D eigenvalue weighted by molar-refractivity contribution is 9.10. The summed E-state index contributed by atoms with van der Waals surface area (Å²) in [5.41, 5.74) is 4.81. The van der Waals surface area contributed by atoms with Gasteiger partial charge in [0.15, 0.2) is 6.04 Å². The normalized spacial score (nSPS) is 12.9. The van der Waals surface area contributed by atoms with Gasteiger partial charge in [-0.2, -0.15) is 0 Å². The Morgan fingerprint density at radius 3 is 2.18 bits per heavy atom. The molecule has 0 heterocycles. The first kappa shape index (κ1) is 23.5. The van der Waals surface area contributed by atoms with Crippen LogP contribution in [-0.4, -0.2) is 47.4 Å². The fourth-order valence-corrected chi connectivity index (χ4v) is 4.47. The lowest BCUT2D eigenvalue weighted by molar-refractivity contribution is -0.140. The summed E-state index contributed by atoms with van der Waals surface area (Å²) in [4.78, 5) is 36.0. The van der Waals surface area contributed by atoms with Crippen LogP contribution in [0.1, 0.15) is 27.4 Å². The SMILES string of the molecule is O=C(Nc1cc(Br)cc(C(=O)NC(CO)C(=O)O)c1)OCC1c2ccccc2-c2ccccc21. The van der Waals surface area contributed by atoms with E-state index in [1.54, 1.807) is 6.07 Å².